The molecule has 0 bridgehead atoms. The van der Waals surface area contributed by atoms with E-state index in [1.165, 1.54) is 7.11 Å². The number of hydrogen-bond donors (Lipinski definition) is 0. The molecule has 4 heteroatoms. The zero-order valence-corrected chi connectivity index (χ0v) is 7.91. The number of hydrogen-bond acceptors (Lipinski definition) is 3. The van der Waals surface area contributed by atoms with Gasteiger partial charge in [0.15, 0.2) is 0 Å². The van der Waals surface area contributed by atoms with Crippen molar-refractivity contribution in [3.05, 3.63) is 41.7 Å². The quantitative estimate of drug-likeness (QED) is 0.667. The second-order valence-corrected chi connectivity index (χ2v) is 3.55. The van der Waals surface area contributed by atoms with Crippen LogP contribution in [0.1, 0.15) is 0 Å². The highest BCUT2D eigenvalue weighted by molar-refractivity contribution is 7.88. The Bertz CT molecular complexity index is 319. The SMILES string of the molecule is CO/C([O-])=C/S(=O)c1ccccc1. The molecule has 0 fully saturated rings. The topological polar surface area (TPSA) is 49.4 Å². The van der Waals surface area contributed by atoms with Gasteiger partial charge in [-0.05, 0) is 19.2 Å². The fourth-order valence-corrected chi connectivity index (χ4v) is 1.59. The Labute approximate surface area is 79.1 Å². The maximum atomic E-state index is 11.4. The smallest absolute Gasteiger partial charge is 0.0793 e. The van der Waals surface area contributed by atoms with Crippen molar-refractivity contribution in [1.82, 2.24) is 0 Å². The number of methoxy groups -OCH3 is 1. The van der Waals surface area contributed by atoms with Gasteiger partial charge in [-0.25, -0.2) is 4.21 Å². The van der Waals surface area contributed by atoms with Gasteiger partial charge in [0.25, 0.3) is 0 Å². The van der Waals surface area contributed by atoms with E-state index in [-0.39, 0.29) is 0 Å². The number of ether oxygens (including phenoxy) is 1. The normalized spacial score (nSPS) is 13.8. The van der Waals surface area contributed by atoms with Crippen molar-refractivity contribution in [3.8, 4) is 0 Å². The molecule has 0 N–H and O–H groups in total. The van der Waals surface area contributed by atoms with Gasteiger partial charge in [-0.15, -0.1) is 0 Å². The molecule has 0 aromatic heterocycles. The zero-order chi connectivity index (χ0) is 9.68. The van der Waals surface area contributed by atoms with Crippen LogP contribution in [-0.2, 0) is 15.5 Å². The molecule has 13 heavy (non-hydrogen) atoms. The van der Waals surface area contributed by atoms with Crippen LogP contribution in [0.2, 0.25) is 0 Å². The monoisotopic (exact) mass is 197 g/mol. The first-order valence-electron chi connectivity index (χ1n) is 3.62. The summed E-state index contributed by atoms with van der Waals surface area (Å²) in [5.74, 6) is -0.581. The summed E-state index contributed by atoms with van der Waals surface area (Å²) in [6.07, 6.45) is 0. The molecule has 70 valence electrons. The van der Waals surface area contributed by atoms with Crippen LogP contribution in [0.15, 0.2) is 46.6 Å². The number of benzene rings is 1. The number of rotatable bonds is 3. The molecule has 0 spiro atoms. The highest BCUT2D eigenvalue weighted by Gasteiger charge is 1.97. The Morgan fingerprint density at radius 2 is 2.08 bits per heavy atom. The Hall–Kier alpha value is -1.29. The summed E-state index contributed by atoms with van der Waals surface area (Å²) >= 11 is 0. The largest absolute Gasteiger partial charge is 0.616 e. The fourth-order valence-electron chi connectivity index (χ4n) is 0.758. The minimum absolute atomic E-state index is 0.581. The summed E-state index contributed by atoms with van der Waals surface area (Å²) in [5, 5.41) is 11.8. The highest BCUT2D eigenvalue weighted by Crippen LogP contribution is 2.07. The first-order chi connectivity index (χ1) is 6.24. The minimum atomic E-state index is -1.41. The molecule has 1 aromatic rings. The first-order valence-corrected chi connectivity index (χ1v) is 4.84. The molecule has 1 unspecified atom stereocenters. The highest BCUT2D eigenvalue weighted by atomic mass is 32.2. The van der Waals surface area contributed by atoms with Crippen LogP contribution < -0.4 is 5.11 Å². The molecule has 1 atom stereocenters. The van der Waals surface area contributed by atoms with Gasteiger partial charge in [-0.2, -0.15) is 0 Å². The molecule has 0 amide bonds. The van der Waals surface area contributed by atoms with Crippen molar-refractivity contribution in [2.75, 3.05) is 7.11 Å². The molecule has 0 aliphatic rings. The summed E-state index contributed by atoms with van der Waals surface area (Å²) < 4.78 is 15.7. The minimum Gasteiger partial charge on any atom is -0.616 e. The predicted molar refractivity (Wildman–Crippen MR) is 47.9 cm³/mol. The Balaban J connectivity index is 2.81. The van der Waals surface area contributed by atoms with Crippen LogP contribution in [0.4, 0.5) is 0 Å². The van der Waals surface area contributed by atoms with Crippen molar-refractivity contribution in [2.45, 2.75) is 4.90 Å². The van der Waals surface area contributed by atoms with Crippen molar-refractivity contribution in [3.63, 3.8) is 0 Å². The van der Waals surface area contributed by atoms with Gasteiger partial charge in [0.2, 0.25) is 0 Å². The molecule has 1 rings (SSSR count). The van der Waals surface area contributed by atoms with Crippen LogP contribution >= 0.6 is 0 Å². The third kappa shape index (κ3) is 2.91. The molecular formula is C9H9O3S-. The lowest BCUT2D eigenvalue weighted by Crippen LogP contribution is -2.06. The zero-order valence-electron chi connectivity index (χ0n) is 7.10. The first kappa shape index (κ1) is 9.80. The summed E-state index contributed by atoms with van der Waals surface area (Å²) in [6.45, 7) is 0. The molecule has 0 radical (unpaired) electrons. The van der Waals surface area contributed by atoms with E-state index in [0.717, 1.165) is 5.41 Å². The average Bonchev–Trinajstić information content (AvgIpc) is 2.19. The standard InChI is InChI=1S/C9H10O3S/c1-12-9(10)7-13(11)8-5-3-2-4-6-8/h2-7,10H,1H3/p-1/b9-7+. The van der Waals surface area contributed by atoms with E-state index in [2.05, 4.69) is 4.74 Å². The summed E-state index contributed by atoms with van der Waals surface area (Å²) in [4.78, 5) is 0.591. The van der Waals surface area contributed by atoms with E-state index >= 15 is 0 Å². The third-order valence-electron chi connectivity index (χ3n) is 1.38. The summed E-state index contributed by atoms with van der Waals surface area (Å²) in [7, 11) is -0.162. The van der Waals surface area contributed by atoms with Gasteiger partial charge < -0.3 is 9.84 Å². The van der Waals surface area contributed by atoms with Crippen LogP contribution in [0.25, 0.3) is 0 Å². The lowest BCUT2D eigenvalue weighted by atomic mass is 10.4. The second-order valence-electron chi connectivity index (χ2n) is 2.25. The van der Waals surface area contributed by atoms with E-state index in [0.29, 0.717) is 4.90 Å². The van der Waals surface area contributed by atoms with Crippen LogP contribution in [0.3, 0.4) is 0 Å². The van der Waals surface area contributed by atoms with Gasteiger partial charge in [0.05, 0.1) is 16.7 Å². The Morgan fingerprint density at radius 3 is 2.62 bits per heavy atom. The van der Waals surface area contributed by atoms with Crippen LogP contribution in [0.5, 0.6) is 0 Å². The lowest BCUT2D eigenvalue weighted by Gasteiger charge is -2.07. The van der Waals surface area contributed by atoms with Gasteiger partial charge in [0.1, 0.15) is 0 Å². The molecule has 0 heterocycles. The van der Waals surface area contributed by atoms with Crippen molar-refractivity contribution in [1.29, 1.82) is 0 Å². The van der Waals surface area contributed by atoms with Crippen molar-refractivity contribution in [2.24, 2.45) is 0 Å². The van der Waals surface area contributed by atoms with E-state index in [1.807, 2.05) is 6.07 Å². The maximum absolute atomic E-state index is 11.4. The molecule has 0 aliphatic heterocycles. The van der Waals surface area contributed by atoms with E-state index in [1.54, 1.807) is 24.3 Å². The van der Waals surface area contributed by atoms with Gasteiger partial charge in [-0.3, -0.25) is 0 Å². The summed E-state index contributed by atoms with van der Waals surface area (Å²) in [6, 6.07) is 8.72. The molecule has 0 saturated carbocycles. The Kier molecular flexibility index (Phi) is 3.52. The van der Waals surface area contributed by atoms with E-state index in [4.69, 9.17) is 0 Å². The second kappa shape index (κ2) is 4.67. The van der Waals surface area contributed by atoms with Crippen molar-refractivity contribution < 1.29 is 14.1 Å². The van der Waals surface area contributed by atoms with Crippen molar-refractivity contribution >= 4 is 10.8 Å². The maximum Gasteiger partial charge on any atom is 0.0793 e. The van der Waals surface area contributed by atoms with Crippen LogP contribution in [0, 0.1) is 0 Å². The molecule has 0 aliphatic carbocycles. The average molecular weight is 197 g/mol. The lowest BCUT2D eigenvalue weighted by molar-refractivity contribution is -0.352. The van der Waals surface area contributed by atoms with Gasteiger partial charge in [0, 0.05) is 10.3 Å². The predicted octanol–water partition coefficient (Wildman–Crippen LogP) is 0.600. The van der Waals surface area contributed by atoms with Gasteiger partial charge in [-0.1, -0.05) is 18.2 Å². The van der Waals surface area contributed by atoms with E-state index in [9.17, 15) is 9.32 Å². The van der Waals surface area contributed by atoms with Crippen LogP contribution in [-0.4, -0.2) is 11.3 Å². The third-order valence-corrected chi connectivity index (χ3v) is 2.52. The fraction of sp³-hybridized carbons (Fsp3) is 0.111. The molecule has 3 nitrogen and oxygen atoms in total. The Morgan fingerprint density at radius 1 is 1.46 bits per heavy atom. The molecule has 0 saturated heterocycles. The molecular weight excluding hydrogens is 188 g/mol. The van der Waals surface area contributed by atoms with Gasteiger partial charge >= 0.3 is 0 Å². The van der Waals surface area contributed by atoms with E-state index < -0.39 is 16.7 Å². The summed E-state index contributed by atoms with van der Waals surface area (Å²) in [5.41, 5.74) is 0. The molecule has 1 aromatic carbocycles.